The zero-order valence-corrected chi connectivity index (χ0v) is 14.3. The van der Waals surface area contributed by atoms with Crippen molar-refractivity contribution in [3.8, 4) is 0 Å². The number of aliphatic carboxylic acids is 1. The van der Waals surface area contributed by atoms with Gasteiger partial charge in [0.15, 0.2) is 0 Å². The van der Waals surface area contributed by atoms with Crippen LogP contribution < -0.4 is 0 Å². The first-order valence-electron chi connectivity index (χ1n) is 8.41. The Morgan fingerprint density at radius 1 is 1.17 bits per heavy atom. The number of nitrogens with zero attached hydrogens (tertiary/aromatic N) is 2. The molecule has 2 aliphatic heterocycles. The van der Waals surface area contributed by atoms with Gasteiger partial charge in [0.1, 0.15) is 6.04 Å². The summed E-state index contributed by atoms with van der Waals surface area (Å²) in [6, 6.07) is 3.28. The second kappa shape index (κ2) is 7.34. The molecule has 0 bridgehead atoms. The molecule has 2 amide bonds. The Kier molecular flexibility index (Phi) is 5.18. The van der Waals surface area contributed by atoms with Crippen LogP contribution in [0.1, 0.15) is 41.8 Å². The normalized spacial score (nSPS) is 21.9. The molecular formula is C17H22N2O4S. The number of rotatable bonds is 4. The van der Waals surface area contributed by atoms with Crippen LogP contribution in [0, 0.1) is 5.92 Å². The van der Waals surface area contributed by atoms with E-state index in [4.69, 9.17) is 5.11 Å². The Hall–Kier alpha value is -1.89. The van der Waals surface area contributed by atoms with Crippen molar-refractivity contribution in [2.45, 2.75) is 38.1 Å². The van der Waals surface area contributed by atoms with E-state index in [1.165, 1.54) is 11.3 Å². The summed E-state index contributed by atoms with van der Waals surface area (Å²) < 4.78 is 0. The Balaban J connectivity index is 1.60. The average Bonchev–Trinajstić information content (AvgIpc) is 3.25. The molecule has 130 valence electrons. The van der Waals surface area contributed by atoms with Crippen molar-refractivity contribution in [1.29, 1.82) is 0 Å². The molecule has 0 spiro atoms. The van der Waals surface area contributed by atoms with Crippen molar-refractivity contribution in [1.82, 2.24) is 9.80 Å². The monoisotopic (exact) mass is 350 g/mol. The second-order valence-electron chi connectivity index (χ2n) is 6.50. The van der Waals surface area contributed by atoms with Gasteiger partial charge in [-0.3, -0.25) is 14.4 Å². The van der Waals surface area contributed by atoms with Gasteiger partial charge in [-0.1, -0.05) is 6.07 Å². The zero-order chi connectivity index (χ0) is 17.1. The summed E-state index contributed by atoms with van der Waals surface area (Å²) in [7, 11) is 0. The first-order valence-corrected chi connectivity index (χ1v) is 9.29. The summed E-state index contributed by atoms with van der Waals surface area (Å²) in [6.07, 6.45) is 3.19. The molecule has 1 unspecified atom stereocenters. The molecule has 3 heterocycles. The van der Waals surface area contributed by atoms with E-state index < -0.39 is 5.97 Å². The maximum absolute atomic E-state index is 12.8. The molecule has 24 heavy (non-hydrogen) atoms. The van der Waals surface area contributed by atoms with Crippen molar-refractivity contribution in [3.63, 3.8) is 0 Å². The molecule has 3 rings (SSSR count). The lowest BCUT2D eigenvalue weighted by molar-refractivity contribution is -0.139. The minimum absolute atomic E-state index is 0.0196. The minimum atomic E-state index is -0.775. The summed E-state index contributed by atoms with van der Waals surface area (Å²) in [5, 5.41) is 10.7. The second-order valence-corrected chi connectivity index (χ2v) is 7.45. The number of carboxylic acids is 1. The van der Waals surface area contributed by atoms with Gasteiger partial charge in [-0.15, -0.1) is 11.3 Å². The zero-order valence-electron chi connectivity index (χ0n) is 13.5. The van der Waals surface area contributed by atoms with Gasteiger partial charge in [0.05, 0.1) is 4.88 Å². The van der Waals surface area contributed by atoms with Gasteiger partial charge in [0, 0.05) is 26.1 Å². The Bertz CT molecular complexity index is 608. The molecule has 1 N–H and O–H groups in total. The predicted molar refractivity (Wildman–Crippen MR) is 89.9 cm³/mol. The molecule has 6 nitrogen and oxygen atoms in total. The van der Waals surface area contributed by atoms with Crippen LogP contribution in [0.3, 0.4) is 0 Å². The third-order valence-electron chi connectivity index (χ3n) is 4.92. The number of piperidine rings is 1. The van der Waals surface area contributed by atoms with E-state index in [2.05, 4.69) is 0 Å². The third-order valence-corrected chi connectivity index (χ3v) is 5.78. The van der Waals surface area contributed by atoms with E-state index in [9.17, 15) is 14.4 Å². The van der Waals surface area contributed by atoms with E-state index in [1.807, 2.05) is 16.3 Å². The average molecular weight is 350 g/mol. The van der Waals surface area contributed by atoms with Crippen LogP contribution in [-0.4, -0.2) is 58.4 Å². The van der Waals surface area contributed by atoms with E-state index in [0.29, 0.717) is 30.9 Å². The number of likely N-dealkylation sites (tertiary alicyclic amines) is 2. The minimum Gasteiger partial charge on any atom is -0.481 e. The Morgan fingerprint density at radius 3 is 2.54 bits per heavy atom. The van der Waals surface area contributed by atoms with Gasteiger partial charge in [-0.2, -0.15) is 0 Å². The van der Waals surface area contributed by atoms with Crippen molar-refractivity contribution >= 4 is 29.1 Å². The van der Waals surface area contributed by atoms with Crippen LogP contribution in [0.15, 0.2) is 17.5 Å². The molecule has 2 aliphatic rings. The number of carboxylic acid groups (broad SMARTS) is 1. The fraction of sp³-hybridized carbons (Fsp3) is 0.588. The smallest absolute Gasteiger partial charge is 0.303 e. The highest BCUT2D eigenvalue weighted by Gasteiger charge is 2.38. The Morgan fingerprint density at radius 2 is 1.92 bits per heavy atom. The van der Waals surface area contributed by atoms with Crippen molar-refractivity contribution in [2.75, 3.05) is 19.6 Å². The Labute approximate surface area is 145 Å². The van der Waals surface area contributed by atoms with Crippen LogP contribution in [0.25, 0.3) is 0 Å². The van der Waals surface area contributed by atoms with Crippen LogP contribution >= 0.6 is 11.3 Å². The third kappa shape index (κ3) is 3.61. The molecule has 1 atom stereocenters. The number of amides is 2. The SMILES string of the molecule is O=C(O)CC1CCN(C(=O)C2CCCN2C(=O)c2cccs2)CC1. The highest BCUT2D eigenvalue weighted by Crippen LogP contribution is 2.26. The molecule has 7 heteroatoms. The fourth-order valence-corrected chi connectivity index (χ4v) is 4.30. The van der Waals surface area contributed by atoms with Crippen LogP contribution in [0.2, 0.25) is 0 Å². The van der Waals surface area contributed by atoms with Gasteiger partial charge >= 0.3 is 5.97 Å². The molecule has 0 aromatic carbocycles. The molecule has 2 saturated heterocycles. The van der Waals surface area contributed by atoms with Crippen LogP contribution in [-0.2, 0) is 9.59 Å². The van der Waals surface area contributed by atoms with E-state index in [0.717, 1.165) is 19.3 Å². The molecular weight excluding hydrogens is 328 g/mol. The first-order chi connectivity index (χ1) is 11.6. The van der Waals surface area contributed by atoms with Crippen LogP contribution in [0.4, 0.5) is 0 Å². The van der Waals surface area contributed by atoms with Crippen molar-refractivity contribution in [2.24, 2.45) is 5.92 Å². The highest BCUT2D eigenvalue weighted by molar-refractivity contribution is 7.12. The van der Waals surface area contributed by atoms with Gasteiger partial charge in [0.2, 0.25) is 5.91 Å². The standard InChI is InChI=1S/C17H22N2O4S/c20-15(21)11-12-5-8-18(9-6-12)16(22)13-3-1-7-19(13)17(23)14-4-2-10-24-14/h2,4,10,12-13H,1,3,5-9,11H2,(H,20,21). The summed E-state index contributed by atoms with van der Waals surface area (Å²) in [4.78, 5) is 40.4. The summed E-state index contributed by atoms with van der Waals surface area (Å²) in [5.74, 6) is -0.657. The van der Waals surface area contributed by atoms with E-state index in [1.54, 1.807) is 11.0 Å². The summed E-state index contributed by atoms with van der Waals surface area (Å²) in [5.41, 5.74) is 0. The highest BCUT2D eigenvalue weighted by atomic mass is 32.1. The predicted octanol–water partition coefficient (Wildman–Crippen LogP) is 2.07. The van der Waals surface area contributed by atoms with Gasteiger partial charge in [0.25, 0.3) is 5.91 Å². The topological polar surface area (TPSA) is 77.9 Å². The number of carbonyl (C=O) groups is 3. The maximum atomic E-state index is 12.8. The first kappa shape index (κ1) is 17.0. The number of hydrogen-bond donors (Lipinski definition) is 1. The van der Waals surface area contributed by atoms with Crippen molar-refractivity contribution < 1.29 is 19.5 Å². The molecule has 0 radical (unpaired) electrons. The van der Waals surface area contributed by atoms with E-state index in [-0.39, 0.29) is 30.2 Å². The molecule has 2 fully saturated rings. The van der Waals surface area contributed by atoms with Gasteiger partial charge in [-0.05, 0) is 43.0 Å². The molecule has 1 aromatic rings. The van der Waals surface area contributed by atoms with E-state index >= 15 is 0 Å². The van der Waals surface area contributed by atoms with Crippen LogP contribution in [0.5, 0.6) is 0 Å². The largest absolute Gasteiger partial charge is 0.481 e. The molecule has 0 aliphatic carbocycles. The summed E-state index contributed by atoms with van der Waals surface area (Å²) in [6.45, 7) is 1.81. The lowest BCUT2D eigenvalue weighted by Gasteiger charge is -2.35. The number of carbonyl (C=O) groups excluding carboxylic acids is 2. The fourth-order valence-electron chi connectivity index (χ4n) is 3.62. The number of hydrogen-bond acceptors (Lipinski definition) is 4. The molecule has 1 aromatic heterocycles. The lowest BCUT2D eigenvalue weighted by atomic mass is 9.93. The van der Waals surface area contributed by atoms with Gasteiger partial charge in [-0.25, -0.2) is 0 Å². The van der Waals surface area contributed by atoms with Gasteiger partial charge < -0.3 is 14.9 Å². The quantitative estimate of drug-likeness (QED) is 0.902. The molecule has 0 saturated carbocycles. The summed E-state index contributed by atoms with van der Waals surface area (Å²) >= 11 is 1.40. The maximum Gasteiger partial charge on any atom is 0.303 e. The number of thiophene rings is 1. The lowest BCUT2D eigenvalue weighted by Crippen LogP contribution is -2.50. The van der Waals surface area contributed by atoms with Crippen molar-refractivity contribution in [3.05, 3.63) is 22.4 Å².